The van der Waals surface area contributed by atoms with Gasteiger partial charge in [0.15, 0.2) is 16.6 Å². The SMILES string of the molecule is CCCCCC(O[Si](C)(C)C)O[Si](C)(C)C. The third kappa shape index (κ3) is 10.9. The van der Waals surface area contributed by atoms with Crippen LogP contribution in [-0.2, 0) is 8.85 Å². The second-order valence-electron chi connectivity index (χ2n) is 6.39. The van der Waals surface area contributed by atoms with Gasteiger partial charge in [-0.05, 0) is 52.1 Å². The molecule has 4 heteroatoms. The number of hydrogen-bond acceptors (Lipinski definition) is 2. The van der Waals surface area contributed by atoms with Gasteiger partial charge in [0.2, 0.25) is 0 Å². The first-order valence-electron chi connectivity index (χ1n) is 6.50. The summed E-state index contributed by atoms with van der Waals surface area (Å²) in [5, 5.41) is 0. The van der Waals surface area contributed by atoms with Crippen molar-refractivity contribution in [1.29, 1.82) is 0 Å². The Balaban J connectivity index is 4.17. The van der Waals surface area contributed by atoms with Crippen LogP contribution >= 0.6 is 0 Å². The Morgan fingerprint density at radius 2 is 1.25 bits per heavy atom. The molecule has 0 N–H and O–H groups in total. The van der Waals surface area contributed by atoms with Gasteiger partial charge in [-0.1, -0.05) is 19.8 Å². The minimum absolute atomic E-state index is 0.0462. The van der Waals surface area contributed by atoms with E-state index >= 15 is 0 Å². The van der Waals surface area contributed by atoms with Gasteiger partial charge >= 0.3 is 0 Å². The summed E-state index contributed by atoms with van der Waals surface area (Å²) in [6.07, 6.45) is 4.86. The maximum atomic E-state index is 6.11. The van der Waals surface area contributed by atoms with E-state index in [9.17, 15) is 0 Å². The van der Waals surface area contributed by atoms with Crippen LogP contribution in [0.3, 0.4) is 0 Å². The van der Waals surface area contributed by atoms with Crippen molar-refractivity contribution in [2.24, 2.45) is 0 Å². The molecule has 0 saturated heterocycles. The summed E-state index contributed by atoms with van der Waals surface area (Å²) in [6.45, 7) is 15.6. The van der Waals surface area contributed by atoms with E-state index in [1.54, 1.807) is 0 Å². The Hall–Kier alpha value is 0.354. The van der Waals surface area contributed by atoms with E-state index in [0.29, 0.717) is 0 Å². The molecule has 0 bridgehead atoms. The molecule has 0 aromatic heterocycles. The van der Waals surface area contributed by atoms with Crippen molar-refractivity contribution in [2.45, 2.75) is 78.2 Å². The average Bonchev–Trinajstić information content (AvgIpc) is 1.97. The topological polar surface area (TPSA) is 18.5 Å². The number of unbranched alkanes of at least 4 members (excludes halogenated alkanes) is 2. The summed E-state index contributed by atoms with van der Waals surface area (Å²) in [4.78, 5) is 0. The quantitative estimate of drug-likeness (QED) is 0.362. The second kappa shape index (κ2) is 6.94. The van der Waals surface area contributed by atoms with Crippen molar-refractivity contribution in [3.8, 4) is 0 Å². The van der Waals surface area contributed by atoms with E-state index in [-0.39, 0.29) is 6.29 Å². The Morgan fingerprint density at radius 1 is 0.812 bits per heavy atom. The van der Waals surface area contributed by atoms with E-state index in [4.69, 9.17) is 8.85 Å². The molecule has 98 valence electrons. The predicted molar refractivity (Wildman–Crippen MR) is 76.8 cm³/mol. The molecule has 0 aromatic carbocycles. The lowest BCUT2D eigenvalue weighted by Gasteiger charge is -2.31. The molecule has 16 heavy (non-hydrogen) atoms. The first-order valence-corrected chi connectivity index (χ1v) is 13.3. The van der Waals surface area contributed by atoms with Crippen LogP contribution in [0.25, 0.3) is 0 Å². The highest BCUT2D eigenvalue weighted by Crippen LogP contribution is 2.18. The van der Waals surface area contributed by atoms with Crippen molar-refractivity contribution in [3.63, 3.8) is 0 Å². The summed E-state index contributed by atoms with van der Waals surface area (Å²) in [5.41, 5.74) is 0. The fourth-order valence-electron chi connectivity index (χ4n) is 1.49. The summed E-state index contributed by atoms with van der Waals surface area (Å²) >= 11 is 0. The zero-order valence-corrected chi connectivity index (χ0v) is 14.2. The standard InChI is InChI=1S/C12H30O2Si2/c1-8-9-10-11-12(13-15(2,3)4)14-16(5,6)7/h12H,8-11H2,1-7H3. The highest BCUT2D eigenvalue weighted by molar-refractivity contribution is 6.70. The van der Waals surface area contributed by atoms with E-state index < -0.39 is 16.6 Å². The largest absolute Gasteiger partial charge is 0.394 e. The van der Waals surface area contributed by atoms with Crippen LogP contribution in [-0.4, -0.2) is 22.9 Å². The Bertz CT molecular complexity index is 166. The molecule has 0 atom stereocenters. The number of hydrogen-bond donors (Lipinski definition) is 0. The van der Waals surface area contributed by atoms with Crippen molar-refractivity contribution >= 4 is 16.6 Å². The van der Waals surface area contributed by atoms with Gasteiger partial charge in [0, 0.05) is 0 Å². The summed E-state index contributed by atoms with van der Waals surface area (Å²) < 4.78 is 12.2. The van der Waals surface area contributed by atoms with Gasteiger partial charge in [-0.2, -0.15) is 0 Å². The molecule has 0 radical (unpaired) electrons. The molecule has 0 heterocycles. The van der Waals surface area contributed by atoms with Crippen LogP contribution in [0.5, 0.6) is 0 Å². The summed E-state index contributed by atoms with van der Waals surface area (Å²) in [7, 11) is -2.97. The minimum atomic E-state index is -1.48. The Kier molecular flexibility index (Phi) is 7.09. The molecular formula is C12H30O2Si2. The van der Waals surface area contributed by atoms with Gasteiger partial charge in [-0.25, -0.2) is 0 Å². The minimum Gasteiger partial charge on any atom is -0.394 e. The molecule has 0 amide bonds. The molecule has 0 aliphatic heterocycles. The molecule has 2 nitrogen and oxygen atoms in total. The number of rotatable bonds is 8. The van der Waals surface area contributed by atoms with Crippen LogP contribution in [0, 0.1) is 0 Å². The van der Waals surface area contributed by atoms with Gasteiger partial charge in [-0.15, -0.1) is 0 Å². The van der Waals surface area contributed by atoms with Crippen molar-refractivity contribution < 1.29 is 8.85 Å². The molecule has 0 spiro atoms. The van der Waals surface area contributed by atoms with Gasteiger partial charge in [-0.3, -0.25) is 0 Å². The first kappa shape index (κ1) is 16.4. The van der Waals surface area contributed by atoms with Gasteiger partial charge in [0.1, 0.15) is 6.29 Å². The van der Waals surface area contributed by atoms with Crippen molar-refractivity contribution in [1.82, 2.24) is 0 Å². The molecule has 0 aromatic rings. The molecule has 0 fully saturated rings. The maximum absolute atomic E-state index is 6.11. The van der Waals surface area contributed by atoms with E-state index in [2.05, 4.69) is 46.2 Å². The van der Waals surface area contributed by atoms with Crippen LogP contribution in [0.2, 0.25) is 39.3 Å². The van der Waals surface area contributed by atoms with Gasteiger partial charge < -0.3 is 8.85 Å². The highest BCUT2D eigenvalue weighted by Gasteiger charge is 2.26. The molecule has 0 unspecified atom stereocenters. The van der Waals surface area contributed by atoms with Crippen LogP contribution in [0.4, 0.5) is 0 Å². The smallest absolute Gasteiger partial charge is 0.187 e. The predicted octanol–water partition coefficient (Wildman–Crippen LogP) is 4.60. The van der Waals surface area contributed by atoms with Gasteiger partial charge in [0.05, 0.1) is 0 Å². The first-order chi connectivity index (χ1) is 7.14. The van der Waals surface area contributed by atoms with E-state index in [0.717, 1.165) is 6.42 Å². The summed E-state index contributed by atoms with van der Waals surface area (Å²) in [5.74, 6) is 0. The third-order valence-corrected chi connectivity index (χ3v) is 3.95. The van der Waals surface area contributed by atoms with Crippen molar-refractivity contribution in [2.75, 3.05) is 0 Å². The van der Waals surface area contributed by atoms with Crippen LogP contribution in [0.1, 0.15) is 32.6 Å². The highest BCUT2D eigenvalue weighted by atomic mass is 28.4. The third-order valence-electron chi connectivity index (χ3n) is 2.01. The normalized spacial score (nSPS) is 13.5. The maximum Gasteiger partial charge on any atom is 0.187 e. The van der Waals surface area contributed by atoms with Gasteiger partial charge in [0.25, 0.3) is 0 Å². The molecular weight excluding hydrogens is 232 g/mol. The molecule has 0 saturated carbocycles. The van der Waals surface area contributed by atoms with Crippen LogP contribution < -0.4 is 0 Å². The lowest BCUT2D eigenvalue weighted by molar-refractivity contribution is -0.0152. The average molecular weight is 263 g/mol. The van der Waals surface area contributed by atoms with Crippen LogP contribution in [0.15, 0.2) is 0 Å². The Labute approximate surface area is 104 Å². The second-order valence-corrected chi connectivity index (χ2v) is 15.3. The fraction of sp³-hybridized carbons (Fsp3) is 1.00. The van der Waals surface area contributed by atoms with Crippen molar-refractivity contribution in [3.05, 3.63) is 0 Å². The molecule has 0 rings (SSSR count). The molecule has 0 aliphatic carbocycles. The van der Waals surface area contributed by atoms with E-state index in [1.165, 1.54) is 19.3 Å². The zero-order valence-electron chi connectivity index (χ0n) is 12.2. The zero-order chi connectivity index (χ0) is 12.8. The molecule has 0 aliphatic rings. The summed E-state index contributed by atoms with van der Waals surface area (Å²) in [6, 6.07) is 0. The fourth-order valence-corrected chi connectivity index (χ4v) is 3.50. The lowest BCUT2D eigenvalue weighted by Crippen LogP contribution is -2.39. The lowest BCUT2D eigenvalue weighted by atomic mass is 10.2. The monoisotopic (exact) mass is 262 g/mol. The van der Waals surface area contributed by atoms with E-state index in [1.807, 2.05) is 0 Å². The Morgan fingerprint density at radius 3 is 1.56 bits per heavy atom.